The molecule has 1 saturated heterocycles. The Bertz CT molecular complexity index is 448. The van der Waals surface area contributed by atoms with Gasteiger partial charge in [0.15, 0.2) is 5.69 Å². The van der Waals surface area contributed by atoms with Gasteiger partial charge in [-0.15, -0.1) is 23.1 Å². The van der Waals surface area contributed by atoms with Gasteiger partial charge in [-0.3, -0.25) is 0 Å². The van der Waals surface area contributed by atoms with Gasteiger partial charge in [-0.2, -0.15) is 24.9 Å². The summed E-state index contributed by atoms with van der Waals surface area (Å²) < 4.78 is 39.2. The molecule has 0 amide bonds. The second-order valence-electron chi connectivity index (χ2n) is 4.47. The lowest BCUT2D eigenvalue weighted by atomic mass is 10.3. The van der Waals surface area contributed by atoms with Gasteiger partial charge in [0.25, 0.3) is 0 Å². The van der Waals surface area contributed by atoms with E-state index in [1.807, 2.05) is 18.7 Å². The van der Waals surface area contributed by atoms with Crippen molar-refractivity contribution in [1.29, 1.82) is 0 Å². The summed E-state index contributed by atoms with van der Waals surface area (Å²) in [5.41, 5.74) is -0.707. The molecular formula is C12H17F3N2S3. The Morgan fingerprint density at radius 3 is 2.60 bits per heavy atom. The molecule has 1 aromatic heterocycles. The molecule has 2 unspecified atom stereocenters. The number of nitrogens with zero attached hydrogens (tertiary/aromatic N) is 1. The molecule has 2 atom stereocenters. The summed E-state index contributed by atoms with van der Waals surface area (Å²) in [7, 11) is 0. The molecule has 0 saturated carbocycles. The average Bonchev–Trinajstić information content (AvgIpc) is 2.80. The molecule has 1 N–H and O–H groups in total. The Kier molecular flexibility index (Phi) is 5.67. The van der Waals surface area contributed by atoms with Crippen LogP contribution in [0.3, 0.4) is 0 Å². The van der Waals surface area contributed by atoms with Crippen molar-refractivity contribution in [2.45, 2.75) is 37.1 Å². The Morgan fingerprint density at radius 2 is 2.00 bits per heavy atom. The van der Waals surface area contributed by atoms with E-state index in [4.69, 9.17) is 0 Å². The van der Waals surface area contributed by atoms with Gasteiger partial charge >= 0.3 is 6.18 Å². The summed E-state index contributed by atoms with van der Waals surface area (Å²) in [5, 5.41) is 3.98. The molecule has 2 rings (SSSR count). The standard InChI is InChI=1S/C12H17F3N2S3/c1-3-16-6-8-10(12(13,14)15)17-11(20-8)9-7(2)18-4-5-19-9/h7,9,16H,3-6H2,1-2H3. The van der Waals surface area contributed by atoms with Crippen LogP contribution >= 0.6 is 34.9 Å². The summed E-state index contributed by atoms with van der Waals surface area (Å²) in [6.45, 7) is 4.84. The smallest absolute Gasteiger partial charge is 0.312 e. The maximum atomic E-state index is 13.1. The van der Waals surface area contributed by atoms with Crippen LogP contribution in [0.5, 0.6) is 0 Å². The second-order valence-corrected chi connectivity index (χ2v) is 8.32. The number of nitrogens with one attached hydrogen (secondary N) is 1. The van der Waals surface area contributed by atoms with Gasteiger partial charge in [0, 0.05) is 23.3 Å². The number of aromatic nitrogens is 1. The highest BCUT2D eigenvalue weighted by Gasteiger charge is 2.39. The van der Waals surface area contributed by atoms with Gasteiger partial charge in [0.1, 0.15) is 5.01 Å². The fourth-order valence-corrected chi connectivity index (χ4v) is 6.19. The molecule has 1 aliphatic heterocycles. The van der Waals surface area contributed by atoms with E-state index in [1.165, 1.54) is 11.3 Å². The summed E-state index contributed by atoms with van der Waals surface area (Å²) in [5.74, 6) is 2.03. The first kappa shape index (κ1) is 16.5. The normalized spacial score (nSPS) is 24.1. The molecule has 114 valence electrons. The molecule has 2 nitrogen and oxygen atoms in total. The van der Waals surface area contributed by atoms with Crippen LogP contribution < -0.4 is 5.32 Å². The largest absolute Gasteiger partial charge is 0.434 e. The van der Waals surface area contributed by atoms with Crippen LogP contribution in [0.15, 0.2) is 0 Å². The zero-order valence-electron chi connectivity index (χ0n) is 11.3. The highest BCUT2D eigenvalue weighted by Crippen LogP contribution is 2.46. The van der Waals surface area contributed by atoms with Gasteiger partial charge in [-0.1, -0.05) is 13.8 Å². The number of rotatable bonds is 4. The molecule has 0 radical (unpaired) electrons. The van der Waals surface area contributed by atoms with Gasteiger partial charge in [-0.05, 0) is 6.54 Å². The molecule has 1 aliphatic rings. The molecular weight excluding hydrogens is 325 g/mol. The summed E-state index contributed by atoms with van der Waals surface area (Å²) in [6.07, 6.45) is -4.37. The number of hydrogen-bond acceptors (Lipinski definition) is 5. The maximum Gasteiger partial charge on any atom is 0.434 e. The molecule has 0 aromatic carbocycles. The lowest BCUT2D eigenvalue weighted by molar-refractivity contribution is -0.141. The van der Waals surface area contributed by atoms with Crippen molar-refractivity contribution in [3.8, 4) is 0 Å². The monoisotopic (exact) mass is 342 g/mol. The molecule has 2 heterocycles. The van der Waals surface area contributed by atoms with Crippen molar-refractivity contribution >= 4 is 34.9 Å². The lowest BCUT2D eigenvalue weighted by Crippen LogP contribution is -2.17. The van der Waals surface area contributed by atoms with Crippen molar-refractivity contribution in [2.75, 3.05) is 18.1 Å². The van der Waals surface area contributed by atoms with Crippen molar-refractivity contribution in [2.24, 2.45) is 0 Å². The Morgan fingerprint density at radius 1 is 1.30 bits per heavy atom. The number of halogens is 3. The quantitative estimate of drug-likeness (QED) is 0.887. The number of hydrogen-bond donors (Lipinski definition) is 1. The molecule has 0 aliphatic carbocycles. The van der Waals surface area contributed by atoms with Crippen molar-refractivity contribution in [3.63, 3.8) is 0 Å². The van der Waals surface area contributed by atoms with Gasteiger partial charge in [0.2, 0.25) is 0 Å². The predicted molar refractivity (Wildman–Crippen MR) is 81.6 cm³/mol. The zero-order chi connectivity index (χ0) is 14.8. The van der Waals surface area contributed by atoms with E-state index >= 15 is 0 Å². The number of alkyl halides is 3. The third-order valence-corrected chi connectivity index (χ3v) is 7.34. The van der Waals surface area contributed by atoms with E-state index in [1.54, 1.807) is 11.8 Å². The first-order valence-electron chi connectivity index (χ1n) is 6.44. The van der Waals surface area contributed by atoms with Gasteiger partial charge in [-0.25, -0.2) is 4.98 Å². The van der Waals surface area contributed by atoms with Crippen LogP contribution in [0.4, 0.5) is 13.2 Å². The summed E-state index contributed by atoms with van der Waals surface area (Å²) in [6, 6.07) is 0. The van der Waals surface area contributed by atoms with Crippen LogP contribution in [0.1, 0.15) is 34.7 Å². The summed E-state index contributed by atoms with van der Waals surface area (Å²) in [4.78, 5) is 4.23. The molecule has 1 aromatic rings. The van der Waals surface area contributed by atoms with Crippen molar-refractivity contribution < 1.29 is 13.2 Å². The number of thioether (sulfide) groups is 2. The van der Waals surface area contributed by atoms with Crippen molar-refractivity contribution in [3.05, 3.63) is 15.6 Å². The zero-order valence-corrected chi connectivity index (χ0v) is 13.7. The average molecular weight is 342 g/mol. The molecule has 0 bridgehead atoms. The second kappa shape index (κ2) is 6.89. The maximum absolute atomic E-state index is 13.1. The fourth-order valence-electron chi connectivity index (χ4n) is 1.98. The first-order chi connectivity index (χ1) is 9.43. The fraction of sp³-hybridized carbons (Fsp3) is 0.750. The Hall–Kier alpha value is 0.0800. The highest BCUT2D eigenvalue weighted by molar-refractivity contribution is 8.06. The van der Waals surface area contributed by atoms with Crippen LogP contribution in [0, 0.1) is 0 Å². The van der Waals surface area contributed by atoms with Crippen LogP contribution in [0.2, 0.25) is 0 Å². The topological polar surface area (TPSA) is 24.9 Å². The molecule has 8 heteroatoms. The van der Waals surface area contributed by atoms with E-state index in [-0.39, 0.29) is 11.8 Å². The van der Waals surface area contributed by atoms with E-state index in [2.05, 4.69) is 17.2 Å². The van der Waals surface area contributed by atoms with Crippen LogP contribution in [0.25, 0.3) is 0 Å². The minimum atomic E-state index is -4.37. The summed E-state index contributed by atoms with van der Waals surface area (Å²) >= 11 is 4.74. The molecule has 1 fully saturated rings. The SMILES string of the molecule is CCNCc1sc(C2SCCSC2C)nc1C(F)(F)F. The minimum Gasteiger partial charge on any atom is -0.312 e. The molecule has 0 spiro atoms. The van der Waals surface area contributed by atoms with Crippen LogP contribution in [-0.2, 0) is 12.7 Å². The third kappa shape index (κ3) is 3.84. The van der Waals surface area contributed by atoms with E-state index in [9.17, 15) is 13.2 Å². The minimum absolute atomic E-state index is 0.0789. The van der Waals surface area contributed by atoms with Gasteiger partial charge < -0.3 is 5.32 Å². The Labute approximate surface area is 129 Å². The number of thiazole rings is 1. The van der Waals surface area contributed by atoms with Gasteiger partial charge in [0.05, 0.1) is 10.1 Å². The highest BCUT2D eigenvalue weighted by atomic mass is 32.2. The predicted octanol–water partition coefficient (Wildman–Crippen LogP) is 4.18. The van der Waals surface area contributed by atoms with Crippen LogP contribution in [-0.4, -0.2) is 28.3 Å². The Balaban J connectivity index is 2.27. The lowest BCUT2D eigenvalue weighted by Gasteiger charge is -2.25. The van der Waals surface area contributed by atoms with E-state index < -0.39 is 11.9 Å². The van der Waals surface area contributed by atoms with Crippen molar-refractivity contribution in [1.82, 2.24) is 10.3 Å². The van der Waals surface area contributed by atoms with E-state index in [0.29, 0.717) is 21.7 Å². The first-order valence-corrected chi connectivity index (χ1v) is 9.35. The van der Waals surface area contributed by atoms with E-state index in [0.717, 1.165) is 11.5 Å². The molecule has 20 heavy (non-hydrogen) atoms. The third-order valence-electron chi connectivity index (χ3n) is 2.95.